The molecule has 3 rings (SSSR count). The van der Waals surface area contributed by atoms with Crippen LogP contribution in [0.25, 0.3) is 0 Å². The van der Waals surface area contributed by atoms with E-state index in [1.165, 1.54) is 12.1 Å². The number of halogens is 1. The molecule has 1 aliphatic heterocycles. The van der Waals surface area contributed by atoms with E-state index in [1.54, 1.807) is 6.07 Å². The third kappa shape index (κ3) is 0.983. The minimum atomic E-state index is -0.257. The summed E-state index contributed by atoms with van der Waals surface area (Å²) in [6, 6.07) is 4.73. The molecule has 1 fully saturated rings. The maximum absolute atomic E-state index is 13.0. The molecular weight excluding hydrogens is 183 g/mol. The molecule has 1 aromatic carbocycles. The molecule has 0 bridgehead atoms. The van der Waals surface area contributed by atoms with Crippen LogP contribution in [0.2, 0.25) is 0 Å². The number of carbonyl (C=O) groups is 1. The van der Waals surface area contributed by atoms with Crippen molar-refractivity contribution in [2.45, 2.75) is 18.9 Å². The van der Waals surface area contributed by atoms with Gasteiger partial charge in [0.25, 0.3) is 0 Å². The van der Waals surface area contributed by atoms with Crippen molar-refractivity contribution in [3.8, 4) is 0 Å². The summed E-state index contributed by atoms with van der Waals surface area (Å²) in [5.41, 5.74) is 1.98. The summed E-state index contributed by atoms with van der Waals surface area (Å²) >= 11 is 0. The molecule has 1 heterocycles. The molecule has 0 aromatic heterocycles. The normalized spacial score (nSPS) is 28.5. The summed E-state index contributed by atoms with van der Waals surface area (Å²) in [6.45, 7) is 0. The van der Waals surface area contributed by atoms with Crippen LogP contribution in [0, 0.1) is 11.7 Å². The highest BCUT2D eigenvalue weighted by atomic mass is 19.1. The van der Waals surface area contributed by atoms with E-state index >= 15 is 0 Å². The van der Waals surface area contributed by atoms with E-state index in [-0.39, 0.29) is 23.8 Å². The maximum Gasteiger partial charge on any atom is 0.306 e. The Morgan fingerprint density at radius 1 is 1.36 bits per heavy atom. The van der Waals surface area contributed by atoms with Gasteiger partial charge >= 0.3 is 5.97 Å². The summed E-state index contributed by atoms with van der Waals surface area (Å²) in [5, 5.41) is 0. The van der Waals surface area contributed by atoms with Crippen LogP contribution in [0.1, 0.15) is 23.7 Å². The monoisotopic (exact) mass is 192 g/mol. The van der Waals surface area contributed by atoms with Gasteiger partial charge in [-0.15, -0.1) is 0 Å². The minimum Gasteiger partial charge on any atom is -0.457 e. The summed E-state index contributed by atoms with van der Waals surface area (Å²) in [7, 11) is 0. The highest BCUT2D eigenvalue weighted by molar-refractivity contribution is 5.73. The van der Waals surface area contributed by atoms with Crippen molar-refractivity contribution in [3.63, 3.8) is 0 Å². The molecule has 2 atom stereocenters. The number of rotatable bonds is 0. The first-order valence-electron chi connectivity index (χ1n) is 4.72. The van der Waals surface area contributed by atoms with Gasteiger partial charge in [-0.3, -0.25) is 4.79 Å². The van der Waals surface area contributed by atoms with Gasteiger partial charge < -0.3 is 4.74 Å². The molecule has 1 aromatic rings. The van der Waals surface area contributed by atoms with Gasteiger partial charge in [-0.1, -0.05) is 6.07 Å². The van der Waals surface area contributed by atoms with E-state index in [0.29, 0.717) is 6.42 Å². The van der Waals surface area contributed by atoms with Crippen molar-refractivity contribution >= 4 is 5.97 Å². The number of ether oxygens (including phenoxy) is 1. The Kier molecular flexibility index (Phi) is 1.46. The van der Waals surface area contributed by atoms with Crippen molar-refractivity contribution in [3.05, 3.63) is 35.1 Å². The van der Waals surface area contributed by atoms with E-state index in [2.05, 4.69) is 0 Å². The van der Waals surface area contributed by atoms with Crippen molar-refractivity contribution in [2.24, 2.45) is 5.92 Å². The minimum absolute atomic E-state index is 0.157. The first-order valence-corrected chi connectivity index (χ1v) is 4.72. The Hall–Kier alpha value is -1.38. The molecule has 0 radical (unpaired) electrons. The standard InChI is InChI=1S/C11H9FO2/c12-8-2-1-6-3-7-4-10(13)14-11(7)9(6)5-8/h1-2,5,7,11H,3-4H2/t7-,11+/m1/s1. The van der Waals surface area contributed by atoms with Crippen LogP contribution in [0.4, 0.5) is 4.39 Å². The van der Waals surface area contributed by atoms with Crippen LogP contribution >= 0.6 is 0 Å². The van der Waals surface area contributed by atoms with Gasteiger partial charge in [-0.2, -0.15) is 0 Å². The van der Waals surface area contributed by atoms with E-state index in [4.69, 9.17) is 4.74 Å². The summed E-state index contributed by atoms with van der Waals surface area (Å²) in [5.74, 6) is -0.179. The van der Waals surface area contributed by atoms with Gasteiger partial charge in [0.1, 0.15) is 11.9 Å². The number of carbonyl (C=O) groups excluding carboxylic acids is 1. The van der Waals surface area contributed by atoms with Crippen LogP contribution in [0.15, 0.2) is 18.2 Å². The topological polar surface area (TPSA) is 26.3 Å². The lowest BCUT2D eigenvalue weighted by atomic mass is 10.0. The molecule has 14 heavy (non-hydrogen) atoms. The molecule has 0 N–H and O–H groups in total. The fourth-order valence-electron chi connectivity index (χ4n) is 2.40. The lowest BCUT2D eigenvalue weighted by molar-refractivity contribution is -0.141. The number of esters is 1. The Labute approximate surface area is 80.7 Å². The Morgan fingerprint density at radius 3 is 3.07 bits per heavy atom. The lowest BCUT2D eigenvalue weighted by Crippen LogP contribution is -1.99. The maximum atomic E-state index is 13.0. The molecule has 1 saturated heterocycles. The van der Waals surface area contributed by atoms with Crippen LogP contribution in [-0.4, -0.2) is 5.97 Å². The predicted molar refractivity (Wildman–Crippen MR) is 47.0 cm³/mol. The third-order valence-corrected chi connectivity index (χ3v) is 3.01. The second kappa shape index (κ2) is 2.56. The smallest absolute Gasteiger partial charge is 0.306 e. The molecule has 0 amide bonds. The van der Waals surface area contributed by atoms with Gasteiger partial charge in [0.15, 0.2) is 0 Å². The predicted octanol–water partition coefficient (Wildman–Crippen LogP) is 1.99. The fraction of sp³-hybridized carbons (Fsp3) is 0.364. The number of hydrogen-bond acceptors (Lipinski definition) is 2. The average molecular weight is 192 g/mol. The van der Waals surface area contributed by atoms with Gasteiger partial charge in [0, 0.05) is 5.92 Å². The van der Waals surface area contributed by atoms with Gasteiger partial charge in [0.2, 0.25) is 0 Å². The molecule has 2 aliphatic rings. The fourth-order valence-corrected chi connectivity index (χ4v) is 2.40. The highest BCUT2D eigenvalue weighted by Gasteiger charge is 2.42. The van der Waals surface area contributed by atoms with Crippen LogP contribution in [0.3, 0.4) is 0 Å². The van der Waals surface area contributed by atoms with Crippen molar-refractivity contribution < 1.29 is 13.9 Å². The summed E-state index contributed by atoms with van der Waals surface area (Å²) in [6.07, 6.45) is 1.13. The molecule has 0 spiro atoms. The average Bonchev–Trinajstić information content (AvgIpc) is 2.62. The van der Waals surface area contributed by atoms with Crippen LogP contribution in [-0.2, 0) is 16.0 Å². The van der Waals surface area contributed by atoms with Gasteiger partial charge in [-0.25, -0.2) is 4.39 Å². The van der Waals surface area contributed by atoms with E-state index in [9.17, 15) is 9.18 Å². The number of fused-ring (bicyclic) bond motifs is 3. The summed E-state index contributed by atoms with van der Waals surface area (Å²) in [4.78, 5) is 11.0. The Balaban J connectivity index is 2.07. The Morgan fingerprint density at radius 2 is 2.21 bits per heavy atom. The largest absolute Gasteiger partial charge is 0.457 e. The molecule has 0 unspecified atom stereocenters. The van der Waals surface area contributed by atoms with E-state index < -0.39 is 0 Å². The highest BCUT2D eigenvalue weighted by Crippen LogP contribution is 2.45. The van der Waals surface area contributed by atoms with Crippen molar-refractivity contribution in [1.29, 1.82) is 0 Å². The second-order valence-corrected chi connectivity index (χ2v) is 3.92. The first kappa shape index (κ1) is 7.97. The van der Waals surface area contributed by atoms with E-state index in [0.717, 1.165) is 17.5 Å². The summed E-state index contributed by atoms with van der Waals surface area (Å²) < 4.78 is 18.1. The second-order valence-electron chi connectivity index (χ2n) is 3.92. The molecule has 2 nitrogen and oxygen atoms in total. The SMILES string of the molecule is O=C1C[C@H]2Cc3ccc(F)cc3[C@H]2O1. The zero-order chi connectivity index (χ0) is 9.71. The van der Waals surface area contributed by atoms with Crippen molar-refractivity contribution in [2.75, 3.05) is 0 Å². The zero-order valence-electron chi connectivity index (χ0n) is 7.50. The number of benzene rings is 1. The van der Waals surface area contributed by atoms with Crippen LogP contribution < -0.4 is 0 Å². The molecule has 72 valence electrons. The molecule has 1 aliphatic carbocycles. The van der Waals surface area contributed by atoms with Gasteiger partial charge in [0.05, 0.1) is 6.42 Å². The molecular formula is C11H9FO2. The molecule has 3 heteroatoms. The Bertz CT molecular complexity index is 414. The lowest BCUT2D eigenvalue weighted by Gasteiger charge is -2.08. The zero-order valence-corrected chi connectivity index (χ0v) is 7.50. The first-order chi connectivity index (χ1) is 6.74. The number of hydrogen-bond donors (Lipinski definition) is 0. The van der Waals surface area contributed by atoms with Crippen LogP contribution in [0.5, 0.6) is 0 Å². The quantitative estimate of drug-likeness (QED) is 0.587. The van der Waals surface area contributed by atoms with E-state index in [1.807, 2.05) is 0 Å². The molecule has 0 saturated carbocycles. The van der Waals surface area contributed by atoms with Gasteiger partial charge in [-0.05, 0) is 29.7 Å². The van der Waals surface area contributed by atoms with Crippen molar-refractivity contribution in [1.82, 2.24) is 0 Å². The third-order valence-electron chi connectivity index (χ3n) is 3.01.